The van der Waals surface area contributed by atoms with E-state index in [-0.39, 0.29) is 21.8 Å². The van der Waals surface area contributed by atoms with Gasteiger partial charge in [-0.05, 0) is 38.2 Å². The molecule has 0 saturated carbocycles. The number of fused-ring (bicyclic) bond motifs is 1. The Kier molecular flexibility index (Phi) is 2.86. The van der Waals surface area contributed by atoms with Gasteiger partial charge in [0.1, 0.15) is 0 Å². The lowest BCUT2D eigenvalue weighted by Crippen LogP contribution is -2.41. The quantitative estimate of drug-likeness (QED) is 0.739. The van der Waals surface area contributed by atoms with Gasteiger partial charge in [0.05, 0.1) is 10.5 Å². The van der Waals surface area contributed by atoms with Gasteiger partial charge >= 0.3 is 0 Å². The van der Waals surface area contributed by atoms with E-state index in [0.29, 0.717) is 0 Å². The van der Waals surface area contributed by atoms with E-state index in [1.165, 1.54) is 5.56 Å². The van der Waals surface area contributed by atoms with Gasteiger partial charge in [-0.25, -0.2) is 8.42 Å². The van der Waals surface area contributed by atoms with Gasteiger partial charge in [-0.2, -0.15) is 0 Å². The van der Waals surface area contributed by atoms with Gasteiger partial charge in [0.2, 0.25) is 0 Å². The third-order valence-electron chi connectivity index (χ3n) is 5.29. The molecule has 4 atom stereocenters. The summed E-state index contributed by atoms with van der Waals surface area (Å²) in [5, 5.41) is -0.542. The van der Waals surface area contributed by atoms with E-state index in [0.717, 1.165) is 12.8 Å². The van der Waals surface area contributed by atoms with E-state index in [1.807, 2.05) is 32.0 Å². The minimum Gasteiger partial charge on any atom is -0.228 e. The second-order valence-corrected chi connectivity index (χ2v) is 8.49. The van der Waals surface area contributed by atoms with Gasteiger partial charge < -0.3 is 0 Å². The van der Waals surface area contributed by atoms with Crippen molar-refractivity contribution in [2.45, 2.75) is 42.6 Å². The molecule has 1 aliphatic carbocycles. The fourth-order valence-corrected chi connectivity index (χ4v) is 6.57. The summed E-state index contributed by atoms with van der Waals surface area (Å²) in [5.74, 6) is 0.208. The SMILES string of the molecule is C[C@@H]1[C@@H]2CC=CC[C@]2(c2ccccc2)[C@@H](C)S1(=O)=O. The zero-order valence-electron chi connectivity index (χ0n) is 11.4. The van der Waals surface area contributed by atoms with Crippen molar-refractivity contribution in [1.29, 1.82) is 0 Å². The summed E-state index contributed by atoms with van der Waals surface area (Å²) in [6.45, 7) is 3.79. The maximum atomic E-state index is 12.6. The van der Waals surface area contributed by atoms with Gasteiger partial charge in [-0.1, -0.05) is 42.5 Å². The lowest BCUT2D eigenvalue weighted by atomic mass is 9.62. The van der Waals surface area contributed by atoms with E-state index in [9.17, 15) is 8.42 Å². The first-order chi connectivity index (χ1) is 9.01. The van der Waals surface area contributed by atoms with Gasteiger partial charge in [-0.15, -0.1) is 0 Å². The Morgan fingerprint density at radius 1 is 1.11 bits per heavy atom. The molecular weight excluding hydrogens is 256 g/mol. The summed E-state index contributed by atoms with van der Waals surface area (Å²) in [4.78, 5) is 0. The molecular formula is C16H20O2S. The Balaban J connectivity index is 2.23. The van der Waals surface area contributed by atoms with E-state index >= 15 is 0 Å². The van der Waals surface area contributed by atoms with Crippen molar-refractivity contribution in [2.24, 2.45) is 5.92 Å². The van der Waals surface area contributed by atoms with Gasteiger partial charge in [-0.3, -0.25) is 0 Å². The fourth-order valence-electron chi connectivity index (χ4n) is 4.12. The van der Waals surface area contributed by atoms with Gasteiger partial charge in [0.25, 0.3) is 0 Å². The molecule has 0 spiro atoms. The molecule has 1 aromatic rings. The molecule has 0 unspecified atom stereocenters. The molecule has 102 valence electrons. The molecule has 0 aromatic heterocycles. The monoisotopic (exact) mass is 276 g/mol. The molecule has 19 heavy (non-hydrogen) atoms. The summed E-state index contributed by atoms with van der Waals surface area (Å²) >= 11 is 0. The second-order valence-electron chi connectivity index (χ2n) is 5.86. The summed E-state index contributed by atoms with van der Waals surface area (Å²) in [6, 6.07) is 10.2. The summed E-state index contributed by atoms with van der Waals surface area (Å²) in [5.41, 5.74) is 0.957. The Morgan fingerprint density at radius 3 is 2.47 bits per heavy atom. The lowest BCUT2D eigenvalue weighted by Gasteiger charge is -2.40. The third-order valence-corrected chi connectivity index (χ3v) is 8.06. The van der Waals surface area contributed by atoms with Crippen molar-refractivity contribution in [2.75, 3.05) is 0 Å². The molecule has 1 fully saturated rings. The maximum Gasteiger partial charge on any atom is 0.156 e. The average Bonchev–Trinajstić information content (AvgIpc) is 2.60. The Morgan fingerprint density at radius 2 is 1.79 bits per heavy atom. The van der Waals surface area contributed by atoms with Crippen LogP contribution in [-0.4, -0.2) is 18.9 Å². The predicted octanol–water partition coefficient (Wildman–Crippen LogP) is 3.10. The molecule has 1 aliphatic heterocycles. The third kappa shape index (κ3) is 1.57. The van der Waals surface area contributed by atoms with Crippen molar-refractivity contribution in [3.8, 4) is 0 Å². The second kappa shape index (κ2) is 4.20. The van der Waals surface area contributed by atoms with Gasteiger partial charge in [0.15, 0.2) is 9.84 Å². The van der Waals surface area contributed by atoms with Crippen molar-refractivity contribution in [3.05, 3.63) is 48.0 Å². The first kappa shape index (κ1) is 12.9. The number of sulfone groups is 1. The van der Waals surface area contributed by atoms with Crippen molar-refractivity contribution in [3.63, 3.8) is 0 Å². The van der Waals surface area contributed by atoms with Crippen LogP contribution in [0.15, 0.2) is 42.5 Å². The van der Waals surface area contributed by atoms with E-state index in [4.69, 9.17) is 0 Å². The molecule has 1 aromatic carbocycles. The zero-order chi connectivity index (χ0) is 13.7. The standard InChI is InChI=1S/C16H20O2S/c1-12-15-10-6-7-11-16(15,13(2)19(12,17)18)14-8-4-3-5-9-14/h3-9,12-13,15H,10-11H2,1-2H3/t12-,13-,15+,16-/m1/s1. The highest BCUT2D eigenvalue weighted by Crippen LogP contribution is 2.54. The lowest BCUT2D eigenvalue weighted by molar-refractivity contribution is 0.275. The first-order valence-corrected chi connectivity index (χ1v) is 8.55. The van der Waals surface area contributed by atoms with Crippen molar-refractivity contribution in [1.82, 2.24) is 0 Å². The number of hydrogen-bond acceptors (Lipinski definition) is 2. The largest absolute Gasteiger partial charge is 0.228 e. The number of benzene rings is 1. The van der Waals surface area contributed by atoms with Crippen LogP contribution in [0, 0.1) is 5.92 Å². The predicted molar refractivity (Wildman–Crippen MR) is 77.8 cm³/mol. The molecule has 0 radical (unpaired) electrons. The number of allylic oxidation sites excluding steroid dienone is 2. The zero-order valence-corrected chi connectivity index (χ0v) is 12.2. The maximum absolute atomic E-state index is 12.6. The summed E-state index contributed by atoms with van der Waals surface area (Å²) in [6.07, 6.45) is 6.02. The average molecular weight is 276 g/mol. The van der Waals surface area contributed by atoms with Crippen LogP contribution < -0.4 is 0 Å². The van der Waals surface area contributed by atoms with E-state index in [2.05, 4.69) is 24.3 Å². The smallest absolute Gasteiger partial charge is 0.156 e. The van der Waals surface area contributed by atoms with Crippen molar-refractivity contribution >= 4 is 9.84 Å². The van der Waals surface area contributed by atoms with E-state index < -0.39 is 9.84 Å². The molecule has 0 bridgehead atoms. The first-order valence-electron chi connectivity index (χ1n) is 6.94. The van der Waals surface area contributed by atoms with Crippen molar-refractivity contribution < 1.29 is 8.42 Å². The van der Waals surface area contributed by atoms with E-state index in [1.54, 1.807) is 0 Å². The molecule has 3 rings (SSSR count). The van der Waals surface area contributed by atoms with Crippen LogP contribution >= 0.6 is 0 Å². The molecule has 1 saturated heterocycles. The highest BCUT2D eigenvalue weighted by atomic mass is 32.2. The molecule has 2 nitrogen and oxygen atoms in total. The highest BCUT2D eigenvalue weighted by molar-refractivity contribution is 7.93. The normalized spacial score (nSPS) is 40.0. The van der Waals surface area contributed by atoms with Crippen LogP contribution in [0.1, 0.15) is 32.3 Å². The molecule has 0 amide bonds. The van der Waals surface area contributed by atoms with Gasteiger partial charge in [0, 0.05) is 5.41 Å². The molecule has 0 N–H and O–H groups in total. The Bertz CT molecular complexity index is 603. The fraction of sp³-hybridized carbons (Fsp3) is 0.500. The van der Waals surface area contributed by atoms with Crippen LogP contribution in [0.5, 0.6) is 0 Å². The molecule has 1 heterocycles. The summed E-state index contributed by atoms with van der Waals surface area (Å²) in [7, 11) is -3.03. The minimum atomic E-state index is -3.03. The minimum absolute atomic E-state index is 0.208. The summed E-state index contributed by atoms with van der Waals surface area (Å²) < 4.78 is 25.2. The van der Waals surface area contributed by atoms with Crippen LogP contribution in [0.25, 0.3) is 0 Å². The number of rotatable bonds is 1. The van der Waals surface area contributed by atoms with Crippen LogP contribution in [0.3, 0.4) is 0 Å². The Hall–Kier alpha value is -1.09. The molecule has 2 aliphatic rings. The van der Waals surface area contributed by atoms with Crippen LogP contribution in [-0.2, 0) is 15.3 Å². The highest BCUT2D eigenvalue weighted by Gasteiger charge is 2.60. The number of hydrogen-bond donors (Lipinski definition) is 0. The Labute approximate surface area is 115 Å². The topological polar surface area (TPSA) is 34.1 Å². The molecule has 3 heteroatoms. The van der Waals surface area contributed by atoms with Crippen LogP contribution in [0.4, 0.5) is 0 Å². The van der Waals surface area contributed by atoms with Crippen LogP contribution in [0.2, 0.25) is 0 Å².